The Kier molecular flexibility index (Phi) is 22.6. The molecule has 0 spiro atoms. The van der Waals surface area contributed by atoms with Crippen molar-refractivity contribution >= 4 is 48.1 Å². The Morgan fingerprint density at radius 1 is 0.895 bits per heavy atom. The molecule has 0 rings (SSSR count). The minimum absolute atomic E-state index is 0. The molecule has 0 fully saturated rings. The molecule has 5 nitrogen and oxygen atoms in total. The van der Waals surface area contributed by atoms with Crippen molar-refractivity contribution < 1.29 is 25.5 Å². The molecular weight excluding hydrogens is 296 g/mol. The van der Waals surface area contributed by atoms with Crippen LogP contribution in [-0.2, 0) is 14.6 Å². The molecule has 0 aliphatic heterocycles. The molecule has 0 saturated heterocycles. The van der Waals surface area contributed by atoms with E-state index in [0.717, 1.165) is 12.8 Å². The molecule has 116 valence electrons. The summed E-state index contributed by atoms with van der Waals surface area (Å²) in [5.41, 5.74) is 0. The maximum Gasteiger partial charge on any atom is 2.00 e. The van der Waals surface area contributed by atoms with Gasteiger partial charge in [-0.2, -0.15) is 8.42 Å². The Morgan fingerprint density at radius 3 is 1.63 bits per heavy atom. The van der Waals surface area contributed by atoms with Crippen LogP contribution in [0.1, 0.15) is 74.0 Å². The third-order valence-corrected chi connectivity index (χ3v) is 3.19. The van der Waals surface area contributed by atoms with Crippen LogP contribution in [0.4, 0.5) is 0 Å². The largest absolute Gasteiger partial charge is 2.00 e. The van der Waals surface area contributed by atoms with Gasteiger partial charge in [0.15, 0.2) is 0 Å². The van der Waals surface area contributed by atoms with Gasteiger partial charge in [-0.3, -0.25) is 4.55 Å². The first-order valence-corrected chi connectivity index (χ1v) is 8.04. The van der Waals surface area contributed by atoms with Gasteiger partial charge in [0.1, 0.15) is 0 Å². The van der Waals surface area contributed by atoms with Crippen molar-refractivity contribution in [3.8, 4) is 0 Å². The van der Waals surface area contributed by atoms with Gasteiger partial charge in [-0.25, -0.2) is 4.18 Å². The molecule has 0 heterocycles. The van der Waals surface area contributed by atoms with Gasteiger partial charge >= 0.3 is 48.1 Å². The predicted molar refractivity (Wildman–Crippen MR) is 80.9 cm³/mol. The summed E-state index contributed by atoms with van der Waals surface area (Å²) in [7, 11) is -4.23. The van der Waals surface area contributed by atoms with Gasteiger partial charge in [-0.15, -0.1) is 0 Å². The molecule has 7 heteroatoms. The Labute approximate surface area is 150 Å². The zero-order valence-corrected chi connectivity index (χ0v) is 15.1. The molecule has 19 heavy (non-hydrogen) atoms. The maximum atomic E-state index is 10.2. The van der Waals surface area contributed by atoms with Crippen LogP contribution in [0.2, 0.25) is 0 Å². The van der Waals surface area contributed by atoms with Crippen LogP contribution in [-0.4, -0.2) is 62.8 Å². The molecule has 0 aliphatic rings. The zero-order valence-electron chi connectivity index (χ0n) is 14.1. The second-order valence-electron chi connectivity index (χ2n) is 4.43. The average molecular weight is 327 g/mol. The SMILES string of the molecule is CCCCCCCCCCCCOS(=O)(=O)O.O.[Ca+2].[H-].[H-]. The van der Waals surface area contributed by atoms with Gasteiger partial charge in [-0.05, 0) is 6.42 Å². The van der Waals surface area contributed by atoms with E-state index in [1.54, 1.807) is 0 Å². The van der Waals surface area contributed by atoms with E-state index in [0.29, 0.717) is 6.42 Å². The molecule has 0 atom stereocenters. The molecule has 0 amide bonds. The van der Waals surface area contributed by atoms with E-state index in [1.807, 2.05) is 0 Å². The van der Waals surface area contributed by atoms with Gasteiger partial charge < -0.3 is 8.33 Å². The Morgan fingerprint density at radius 2 is 1.26 bits per heavy atom. The van der Waals surface area contributed by atoms with Gasteiger partial charge in [0.2, 0.25) is 0 Å². The van der Waals surface area contributed by atoms with Crippen LogP contribution < -0.4 is 0 Å². The molecular formula is C12H30CaO5S. The summed E-state index contributed by atoms with van der Waals surface area (Å²) in [6, 6.07) is 0. The monoisotopic (exact) mass is 326 g/mol. The van der Waals surface area contributed by atoms with Crippen LogP contribution in [0.15, 0.2) is 0 Å². The summed E-state index contributed by atoms with van der Waals surface area (Å²) in [6.45, 7) is 2.31. The van der Waals surface area contributed by atoms with E-state index < -0.39 is 10.4 Å². The average Bonchev–Trinajstić information content (AvgIpc) is 2.24. The van der Waals surface area contributed by atoms with E-state index in [9.17, 15) is 8.42 Å². The van der Waals surface area contributed by atoms with Crippen LogP contribution in [0, 0.1) is 0 Å². The topological polar surface area (TPSA) is 95.1 Å². The number of hydrogen-bond acceptors (Lipinski definition) is 3. The summed E-state index contributed by atoms with van der Waals surface area (Å²) in [5, 5.41) is 0. The fourth-order valence-electron chi connectivity index (χ4n) is 1.75. The third kappa shape index (κ3) is 24.5. The number of unbranched alkanes of at least 4 members (excludes halogenated alkanes) is 9. The van der Waals surface area contributed by atoms with E-state index >= 15 is 0 Å². The molecule has 0 radical (unpaired) electrons. The molecule has 0 aromatic heterocycles. The summed E-state index contributed by atoms with van der Waals surface area (Å²) in [4.78, 5) is 0. The van der Waals surface area contributed by atoms with Crippen molar-refractivity contribution in [3.05, 3.63) is 0 Å². The zero-order chi connectivity index (χ0) is 13.0. The van der Waals surface area contributed by atoms with Crippen LogP contribution in [0.3, 0.4) is 0 Å². The van der Waals surface area contributed by atoms with Crippen molar-refractivity contribution in [2.24, 2.45) is 0 Å². The minimum Gasteiger partial charge on any atom is -1.00 e. The summed E-state index contributed by atoms with van der Waals surface area (Å²) < 4.78 is 33.0. The molecule has 0 aliphatic carbocycles. The van der Waals surface area contributed by atoms with E-state index in [4.69, 9.17) is 4.55 Å². The first kappa shape index (κ1) is 25.1. The molecule has 0 bridgehead atoms. The van der Waals surface area contributed by atoms with E-state index in [1.165, 1.54) is 44.9 Å². The maximum absolute atomic E-state index is 10.2. The van der Waals surface area contributed by atoms with Gasteiger partial charge in [0.05, 0.1) is 6.61 Å². The van der Waals surface area contributed by atoms with Crippen LogP contribution in [0.25, 0.3) is 0 Å². The van der Waals surface area contributed by atoms with Crippen molar-refractivity contribution in [1.29, 1.82) is 0 Å². The summed E-state index contributed by atoms with van der Waals surface area (Å²) in [6.07, 6.45) is 11.9. The first-order chi connectivity index (χ1) is 8.06. The van der Waals surface area contributed by atoms with Crippen LogP contribution >= 0.6 is 0 Å². The predicted octanol–water partition coefficient (Wildman–Crippen LogP) is 2.75. The normalized spacial score (nSPS) is 10.6. The fourth-order valence-corrected chi connectivity index (χ4v) is 2.08. The summed E-state index contributed by atoms with van der Waals surface area (Å²) in [5.74, 6) is 0. The van der Waals surface area contributed by atoms with Crippen molar-refractivity contribution in [2.75, 3.05) is 6.61 Å². The quantitative estimate of drug-likeness (QED) is 0.339. The molecule has 0 unspecified atom stereocenters. The first-order valence-electron chi connectivity index (χ1n) is 6.68. The fraction of sp³-hybridized carbons (Fsp3) is 1.00. The summed E-state index contributed by atoms with van der Waals surface area (Å²) >= 11 is 0. The van der Waals surface area contributed by atoms with Gasteiger partial charge in [-0.1, -0.05) is 64.7 Å². The molecule has 0 saturated carbocycles. The molecule has 0 aromatic carbocycles. The van der Waals surface area contributed by atoms with Crippen molar-refractivity contribution in [3.63, 3.8) is 0 Å². The number of rotatable bonds is 12. The number of hydrogen-bond donors (Lipinski definition) is 1. The third-order valence-electron chi connectivity index (χ3n) is 2.73. The second-order valence-corrected chi connectivity index (χ2v) is 5.52. The molecule has 3 N–H and O–H groups in total. The van der Waals surface area contributed by atoms with Gasteiger partial charge in [0, 0.05) is 0 Å². The standard InChI is InChI=1S/C12H26O4S.Ca.H2O.2H/c1-2-3-4-5-6-7-8-9-10-11-12-16-17(13,14)15;;;;/h2-12H2,1H3,(H,13,14,15);;1H2;;/q;+2;;2*-1. The van der Waals surface area contributed by atoms with Crippen LogP contribution in [0.5, 0.6) is 0 Å². The minimum atomic E-state index is -4.23. The second kappa shape index (κ2) is 17.1. The smallest absolute Gasteiger partial charge is 1.00 e. The Hall–Kier alpha value is 1.09. The van der Waals surface area contributed by atoms with Crippen molar-refractivity contribution in [2.45, 2.75) is 71.1 Å². The molecule has 0 aromatic rings. The van der Waals surface area contributed by atoms with Crippen molar-refractivity contribution in [1.82, 2.24) is 0 Å². The van der Waals surface area contributed by atoms with Gasteiger partial charge in [0.25, 0.3) is 0 Å². The Bertz CT molecular complexity index is 266. The van der Waals surface area contributed by atoms with E-state index in [2.05, 4.69) is 11.1 Å². The Balaban J connectivity index is -0.000000213. The van der Waals surface area contributed by atoms with E-state index in [-0.39, 0.29) is 52.7 Å².